The molecule has 1 aromatic carbocycles. The Morgan fingerprint density at radius 1 is 1.26 bits per heavy atom. The highest BCUT2D eigenvalue weighted by atomic mass is 16.6. The number of hydrogen-bond acceptors (Lipinski definition) is 4. The van der Waals surface area contributed by atoms with E-state index in [0.717, 1.165) is 0 Å². The molecule has 0 bridgehead atoms. The summed E-state index contributed by atoms with van der Waals surface area (Å²) in [5, 5.41) is 2.79. The van der Waals surface area contributed by atoms with E-state index in [1.165, 1.54) is 0 Å². The van der Waals surface area contributed by atoms with Crippen LogP contribution in [-0.2, 0) is 0 Å². The maximum absolute atomic E-state index is 12.0. The van der Waals surface area contributed by atoms with Gasteiger partial charge in [-0.25, -0.2) is 4.79 Å². The number of amides is 2. The fourth-order valence-corrected chi connectivity index (χ4v) is 1.92. The maximum atomic E-state index is 12.0. The molecular weight excluding hydrogens is 246 g/mol. The van der Waals surface area contributed by atoms with Gasteiger partial charge in [-0.2, -0.15) is 0 Å². The summed E-state index contributed by atoms with van der Waals surface area (Å²) in [6.45, 7) is 6.16. The lowest BCUT2D eigenvalue weighted by molar-refractivity contribution is 0.172. The number of benzene rings is 1. The van der Waals surface area contributed by atoms with E-state index in [1.54, 1.807) is 17.0 Å². The Morgan fingerprint density at radius 3 is 2.42 bits per heavy atom. The second-order valence-electron chi connectivity index (χ2n) is 4.19. The lowest BCUT2D eigenvalue weighted by Gasteiger charge is -2.22. The van der Waals surface area contributed by atoms with Crippen LogP contribution >= 0.6 is 0 Å². The molecule has 0 saturated carbocycles. The maximum Gasteiger partial charge on any atom is 0.321 e. The number of nitrogens with one attached hydrogen (secondary N) is 1. The van der Waals surface area contributed by atoms with Crippen molar-refractivity contribution in [3.63, 3.8) is 0 Å². The second kappa shape index (κ2) is 5.69. The van der Waals surface area contributed by atoms with E-state index in [4.69, 9.17) is 15.2 Å². The van der Waals surface area contributed by atoms with Crippen molar-refractivity contribution in [3.8, 4) is 11.5 Å². The van der Waals surface area contributed by atoms with Gasteiger partial charge in [0.15, 0.2) is 11.5 Å². The predicted molar refractivity (Wildman–Crippen MR) is 73.8 cm³/mol. The van der Waals surface area contributed by atoms with Crippen molar-refractivity contribution in [3.05, 3.63) is 12.1 Å². The molecule has 19 heavy (non-hydrogen) atoms. The van der Waals surface area contributed by atoms with Crippen LogP contribution in [0.5, 0.6) is 11.5 Å². The predicted octanol–water partition coefficient (Wildman–Crippen LogP) is 1.91. The van der Waals surface area contributed by atoms with Crippen LogP contribution < -0.4 is 20.5 Å². The first kappa shape index (κ1) is 13.3. The number of hydrogen-bond donors (Lipinski definition) is 2. The molecule has 0 radical (unpaired) electrons. The molecule has 6 heteroatoms. The molecule has 1 aliphatic rings. The number of carbonyl (C=O) groups excluding carboxylic acids is 1. The Hall–Kier alpha value is -2.11. The number of nitrogen functional groups attached to an aromatic ring is 1. The van der Waals surface area contributed by atoms with Gasteiger partial charge in [-0.3, -0.25) is 0 Å². The number of fused-ring (bicyclic) bond motifs is 1. The molecule has 6 nitrogen and oxygen atoms in total. The van der Waals surface area contributed by atoms with Crippen LogP contribution in [0.15, 0.2) is 12.1 Å². The zero-order chi connectivity index (χ0) is 13.8. The number of nitrogens with two attached hydrogens (primary N) is 1. The molecule has 0 aliphatic carbocycles. The molecule has 0 fully saturated rings. The third kappa shape index (κ3) is 2.83. The summed E-state index contributed by atoms with van der Waals surface area (Å²) >= 11 is 0. The van der Waals surface area contributed by atoms with Crippen LogP contribution in [0, 0.1) is 0 Å². The summed E-state index contributed by atoms with van der Waals surface area (Å²) in [7, 11) is 0. The zero-order valence-corrected chi connectivity index (χ0v) is 11.2. The number of anilines is 2. The number of nitrogens with zero attached hydrogens (tertiary/aromatic N) is 1. The molecule has 104 valence electrons. The fraction of sp³-hybridized carbons (Fsp3) is 0.462. The van der Waals surface area contributed by atoms with E-state index in [1.807, 2.05) is 13.8 Å². The van der Waals surface area contributed by atoms with Gasteiger partial charge in [-0.05, 0) is 13.8 Å². The standard InChI is InChI=1S/C13H19N3O3/c1-3-16(4-2)13(17)15-10-8-12-11(7-9(10)14)18-5-6-19-12/h7-8H,3-6,14H2,1-2H3,(H,15,17). The molecule has 2 amide bonds. The SMILES string of the molecule is CCN(CC)C(=O)Nc1cc2c(cc1N)OCCO2. The Bertz CT molecular complexity index is 472. The van der Waals surface area contributed by atoms with Gasteiger partial charge < -0.3 is 25.4 Å². The highest BCUT2D eigenvalue weighted by Gasteiger charge is 2.17. The summed E-state index contributed by atoms with van der Waals surface area (Å²) in [6, 6.07) is 3.20. The van der Waals surface area contributed by atoms with E-state index < -0.39 is 0 Å². The van der Waals surface area contributed by atoms with Gasteiger partial charge in [0.2, 0.25) is 0 Å². The van der Waals surface area contributed by atoms with Crippen LogP contribution in [-0.4, -0.2) is 37.2 Å². The third-order valence-corrected chi connectivity index (χ3v) is 3.01. The summed E-state index contributed by atoms with van der Waals surface area (Å²) in [4.78, 5) is 13.7. The Kier molecular flexibility index (Phi) is 3.99. The monoisotopic (exact) mass is 265 g/mol. The van der Waals surface area contributed by atoms with E-state index in [9.17, 15) is 4.79 Å². The van der Waals surface area contributed by atoms with E-state index in [2.05, 4.69) is 5.32 Å². The van der Waals surface area contributed by atoms with Crippen molar-refractivity contribution in [1.82, 2.24) is 4.90 Å². The first-order valence-electron chi connectivity index (χ1n) is 6.40. The summed E-state index contributed by atoms with van der Waals surface area (Å²) in [5.41, 5.74) is 6.91. The average molecular weight is 265 g/mol. The van der Waals surface area contributed by atoms with Gasteiger partial charge in [0.25, 0.3) is 0 Å². The van der Waals surface area contributed by atoms with Gasteiger partial charge in [-0.15, -0.1) is 0 Å². The highest BCUT2D eigenvalue weighted by Crippen LogP contribution is 2.36. The second-order valence-corrected chi connectivity index (χ2v) is 4.19. The molecule has 1 heterocycles. The summed E-state index contributed by atoms with van der Waals surface area (Å²) in [5.74, 6) is 1.22. The van der Waals surface area contributed by atoms with Crippen molar-refractivity contribution in [2.45, 2.75) is 13.8 Å². The lowest BCUT2D eigenvalue weighted by atomic mass is 10.2. The zero-order valence-electron chi connectivity index (χ0n) is 11.2. The van der Waals surface area contributed by atoms with Crippen molar-refractivity contribution in [2.75, 3.05) is 37.4 Å². The Labute approximate surface area is 112 Å². The van der Waals surface area contributed by atoms with Gasteiger partial charge in [-0.1, -0.05) is 0 Å². The van der Waals surface area contributed by atoms with Crippen molar-refractivity contribution in [2.24, 2.45) is 0 Å². The quantitative estimate of drug-likeness (QED) is 0.818. The minimum atomic E-state index is -0.173. The molecule has 3 N–H and O–H groups in total. The lowest BCUT2D eigenvalue weighted by Crippen LogP contribution is -2.34. The molecule has 0 aromatic heterocycles. The first-order chi connectivity index (χ1) is 9.15. The summed E-state index contributed by atoms with van der Waals surface area (Å²) < 4.78 is 10.9. The van der Waals surface area contributed by atoms with E-state index in [-0.39, 0.29) is 6.03 Å². The van der Waals surface area contributed by atoms with Crippen molar-refractivity contribution < 1.29 is 14.3 Å². The molecule has 0 atom stereocenters. The molecule has 1 aromatic rings. The topological polar surface area (TPSA) is 76.8 Å². The van der Waals surface area contributed by atoms with Crippen LogP contribution in [0.3, 0.4) is 0 Å². The smallest absolute Gasteiger partial charge is 0.321 e. The van der Waals surface area contributed by atoms with Gasteiger partial charge in [0.1, 0.15) is 13.2 Å². The minimum Gasteiger partial charge on any atom is -0.486 e. The average Bonchev–Trinajstić information content (AvgIpc) is 2.41. The van der Waals surface area contributed by atoms with Crippen LogP contribution in [0.2, 0.25) is 0 Å². The van der Waals surface area contributed by atoms with Crippen LogP contribution in [0.4, 0.5) is 16.2 Å². The summed E-state index contributed by atoms with van der Waals surface area (Å²) in [6.07, 6.45) is 0. The van der Waals surface area contributed by atoms with E-state index >= 15 is 0 Å². The van der Waals surface area contributed by atoms with Gasteiger partial charge in [0.05, 0.1) is 11.4 Å². The third-order valence-electron chi connectivity index (χ3n) is 3.01. The van der Waals surface area contributed by atoms with Gasteiger partial charge in [0, 0.05) is 25.2 Å². The van der Waals surface area contributed by atoms with Crippen LogP contribution in [0.1, 0.15) is 13.8 Å². The molecule has 0 unspecified atom stereocenters. The number of rotatable bonds is 3. The first-order valence-corrected chi connectivity index (χ1v) is 6.40. The van der Waals surface area contributed by atoms with E-state index in [0.29, 0.717) is 49.2 Å². The molecule has 0 saturated heterocycles. The van der Waals surface area contributed by atoms with Crippen molar-refractivity contribution >= 4 is 17.4 Å². The van der Waals surface area contributed by atoms with Gasteiger partial charge >= 0.3 is 6.03 Å². The molecule has 2 rings (SSSR count). The largest absolute Gasteiger partial charge is 0.486 e. The molecule has 1 aliphatic heterocycles. The minimum absolute atomic E-state index is 0.173. The van der Waals surface area contributed by atoms with Crippen molar-refractivity contribution in [1.29, 1.82) is 0 Å². The number of urea groups is 1. The Morgan fingerprint density at radius 2 is 1.84 bits per heavy atom. The fourth-order valence-electron chi connectivity index (χ4n) is 1.92. The molecule has 0 spiro atoms. The van der Waals surface area contributed by atoms with Crippen LogP contribution in [0.25, 0.3) is 0 Å². The highest BCUT2D eigenvalue weighted by molar-refractivity contribution is 5.93. The number of ether oxygens (including phenoxy) is 2. The molecular formula is C13H19N3O3. The Balaban J connectivity index is 2.18. The normalized spacial score (nSPS) is 12.9. The number of carbonyl (C=O) groups is 1.